The molecule has 110 valence electrons. The van der Waals surface area contributed by atoms with E-state index >= 15 is 0 Å². The van der Waals surface area contributed by atoms with Crippen LogP contribution in [0.25, 0.3) is 0 Å². The summed E-state index contributed by atoms with van der Waals surface area (Å²) in [5.41, 5.74) is 5.56. The molecule has 0 unspecified atom stereocenters. The van der Waals surface area contributed by atoms with Gasteiger partial charge in [0.15, 0.2) is 6.61 Å². The first-order valence-electron chi connectivity index (χ1n) is 6.95. The molecule has 1 aliphatic carbocycles. The van der Waals surface area contributed by atoms with Crippen molar-refractivity contribution in [3.8, 4) is 11.5 Å². The maximum absolute atomic E-state index is 12.0. The molecule has 1 amide bonds. The second-order valence-electron chi connectivity index (χ2n) is 5.21. The number of nitrogens with one attached hydrogen (secondary N) is 1. The Kier molecular flexibility index (Phi) is 4.84. The van der Waals surface area contributed by atoms with Gasteiger partial charge in [0, 0.05) is 12.6 Å². The molecular formula is C15H22N2O3. The largest absolute Gasteiger partial charge is 0.497 e. The molecule has 1 aromatic carbocycles. The standard InChI is InChI=1S/C15H22N2O3/c1-19-12-5-4-6-13(9-12)20-10-14(18)17-15(11-16)7-2-3-8-15/h4-6,9H,2-3,7-8,10-11,16H2,1H3,(H,17,18). The molecule has 5 heteroatoms. The smallest absolute Gasteiger partial charge is 0.258 e. The van der Waals surface area contributed by atoms with E-state index in [2.05, 4.69) is 5.32 Å². The van der Waals surface area contributed by atoms with Crippen molar-refractivity contribution in [2.75, 3.05) is 20.3 Å². The first-order chi connectivity index (χ1) is 9.67. The third kappa shape index (κ3) is 3.63. The summed E-state index contributed by atoms with van der Waals surface area (Å²) in [5, 5.41) is 3.02. The molecule has 0 saturated heterocycles. The normalized spacial score (nSPS) is 16.7. The summed E-state index contributed by atoms with van der Waals surface area (Å²) in [6, 6.07) is 7.20. The van der Waals surface area contributed by atoms with Crippen LogP contribution in [0.5, 0.6) is 11.5 Å². The van der Waals surface area contributed by atoms with Gasteiger partial charge in [-0.05, 0) is 25.0 Å². The van der Waals surface area contributed by atoms with E-state index < -0.39 is 0 Å². The highest BCUT2D eigenvalue weighted by Crippen LogP contribution is 2.28. The average Bonchev–Trinajstić information content (AvgIpc) is 2.94. The predicted molar refractivity (Wildman–Crippen MR) is 76.9 cm³/mol. The third-order valence-corrected chi connectivity index (χ3v) is 3.77. The summed E-state index contributed by atoms with van der Waals surface area (Å²) in [6.45, 7) is 0.479. The first kappa shape index (κ1) is 14.7. The van der Waals surface area contributed by atoms with Crippen molar-refractivity contribution in [3.05, 3.63) is 24.3 Å². The lowest BCUT2D eigenvalue weighted by Crippen LogP contribution is -2.52. The zero-order valence-corrected chi connectivity index (χ0v) is 11.9. The number of ether oxygens (including phenoxy) is 2. The number of nitrogens with two attached hydrogens (primary N) is 1. The molecule has 0 spiro atoms. The van der Waals surface area contributed by atoms with Crippen molar-refractivity contribution in [3.63, 3.8) is 0 Å². The summed E-state index contributed by atoms with van der Waals surface area (Å²) >= 11 is 0. The molecule has 0 aromatic heterocycles. The van der Waals surface area contributed by atoms with Crippen LogP contribution in [0.15, 0.2) is 24.3 Å². The van der Waals surface area contributed by atoms with Crippen LogP contribution in [0.3, 0.4) is 0 Å². The summed E-state index contributed by atoms with van der Waals surface area (Å²) < 4.78 is 10.6. The lowest BCUT2D eigenvalue weighted by molar-refractivity contribution is -0.124. The van der Waals surface area contributed by atoms with Crippen molar-refractivity contribution in [2.24, 2.45) is 5.73 Å². The zero-order chi connectivity index (χ0) is 14.4. The van der Waals surface area contributed by atoms with Gasteiger partial charge in [-0.1, -0.05) is 18.9 Å². The Hall–Kier alpha value is -1.75. The van der Waals surface area contributed by atoms with Crippen molar-refractivity contribution >= 4 is 5.91 Å². The lowest BCUT2D eigenvalue weighted by Gasteiger charge is -2.28. The Morgan fingerprint density at radius 3 is 2.70 bits per heavy atom. The minimum Gasteiger partial charge on any atom is -0.497 e. The van der Waals surface area contributed by atoms with E-state index in [0.29, 0.717) is 18.0 Å². The van der Waals surface area contributed by atoms with Gasteiger partial charge in [0.25, 0.3) is 5.91 Å². The van der Waals surface area contributed by atoms with E-state index in [-0.39, 0.29) is 18.1 Å². The van der Waals surface area contributed by atoms with Crippen molar-refractivity contribution in [1.82, 2.24) is 5.32 Å². The van der Waals surface area contributed by atoms with Gasteiger partial charge in [0.05, 0.1) is 12.6 Å². The Bertz CT molecular complexity index is 456. The fourth-order valence-electron chi connectivity index (χ4n) is 2.60. The van der Waals surface area contributed by atoms with Crippen LogP contribution < -0.4 is 20.5 Å². The van der Waals surface area contributed by atoms with E-state index in [1.807, 2.05) is 12.1 Å². The van der Waals surface area contributed by atoms with Crippen LogP contribution >= 0.6 is 0 Å². The third-order valence-electron chi connectivity index (χ3n) is 3.77. The molecule has 3 N–H and O–H groups in total. The molecule has 0 heterocycles. The van der Waals surface area contributed by atoms with E-state index in [1.165, 1.54) is 0 Å². The molecule has 0 bridgehead atoms. The average molecular weight is 278 g/mol. The zero-order valence-electron chi connectivity index (χ0n) is 11.9. The van der Waals surface area contributed by atoms with E-state index in [4.69, 9.17) is 15.2 Å². The highest BCUT2D eigenvalue weighted by atomic mass is 16.5. The lowest BCUT2D eigenvalue weighted by atomic mass is 9.98. The van der Waals surface area contributed by atoms with E-state index in [1.54, 1.807) is 19.2 Å². The van der Waals surface area contributed by atoms with E-state index in [0.717, 1.165) is 25.7 Å². The molecule has 1 saturated carbocycles. The van der Waals surface area contributed by atoms with Gasteiger partial charge >= 0.3 is 0 Å². The number of hydrogen-bond donors (Lipinski definition) is 2. The number of methoxy groups -OCH3 is 1. The molecule has 0 radical (unpaired) electrons. The topological polar surface area (TPSA) is 73.6 Å². The van der Waals surface area contributed by atoms with E-state index in [9.17, 15) is 4.79 Å². The molecular weight excluding hydrogens is 256 g/mol. The summed E-state index contributed by atoms with van der Waals surface area (Å²) in [7, 11) is 1.59. The number of hydrogen-bond acceptors (Lipinski definition) is 4. The Balaban J connectivity index is 1.85. The Morgan fingerprint density at radius 1 is 1.35 bits per heavy atom. The number of amides is 1. The first-order valence-corrected chi connectivity index (χ1v) is 6.95. The Morgan fingerprint density at radius 2 is 2.05 bits per heavy atom. The molecule has 1 aliphatic rings. The van der Waals surface area contributed by atoms with Crippen LogP contribution in [-0.4, -0.2) is 31.7 Å². The van der Waals surface area contributed by atoms with Crippen molar-refractivity contribution in [2.45, 2.75) is 31.2 Å². The monoisotopic (exact) mass is 278 g/mol. The number of benzene rings is 1. The van der Waals surface area contributed by atoms with Gasteiger partial charge in [-0.3, -0.25) is 4.79 Å². The van der Waals surface area contributed by atoms with Crippen molar-refractivity contribution < 1.29 is 14.3 Å². The second kappa shape index (κ2) is 6.61. The van der Waals surface area contributed by atoms with Gasteiger partial charge in [0.1, 0.15) is 11.5 Å². The predicted octanol–water partition coefficient (Wildman–Crippen LogP) is 1.46. The molecule has 1 fully saturated rings. The van der Waals surface area contributed by atoms with Crippen molar-refractivity contribution in [1.29, 1.82) is 0 Å². The summed E-state index contributed by atoms with van der Waals surface area (Å²) in [5.74, 6) is 1.20. The number of carbonyl (C=O) groups is 1. The van der Waals surface area contributed by atoms with Crippen LogP contribution in [0, 0.1) is 0 Å². The van der Waals surface area contributed by atoms with Crippen LogP contribution in [-0.2, 0) is 4.79 Å². The molecule has 20 heavy (non-hydrogen) atoms. The highest BCUT2D eigenvalue weighted by molar-refractivity contribution is 5.78. The molecule has 1 aromatic rings. The van der Waals surface area contributed by atoms with Gasteiger partial charge in [-0.15, -0.1) is 0 Å². The molecule has 5 nitrogen and oxygen atoms in total. The molecule has 0 atom stereocenters. The quantitative estimate of drug-likeness (QED) is 0.826. The minimum absolute atomic E-state index is 0.00504. The summed E-state index contributed by atoms with van der Waals surface area (Å²) in [6.07, 6.45) is 4.14. The number of rotatable bonds is 6. The molecule has 2 rings (SSSR count). The van der Waals surface area contributed by atoms with Gasteiger partial charge < -0.3 is 20.5 Å². The van der Waals surface area contributed by atoms with Crippen LogP contribution in [0.1, 0.15) is 25.7 Å². The summed E-state index contributed by atoms with van der Waals surface area (Å²) in [4.78, 5) is 12.0. The van der Waals surface area contributed by atoms with Crippen LogP contribution in [0.2, 0.25) is 0 Å². The number of carbonyl (C=O) groups excluding carboxylic acids is 1. The molecule has 0 aliphatic heterocycles. The fourth-order valence-corrected chi connectivity index (χ4v) is 2.60. The van der Waals surface area contributed by atoms with Gasteiger partial charge in [-0.2, -0.15) is 0 Å². The van der Waals surface area contributed by atoms with Gasteiger partial charge in [-0.25, -0.2) is 0 Å². The fraction of sp³-hybridized carbons (Fsp3) is 0.533. The maximum atomic E-state index is 12.0. The highest BCUT2D eigenvalue weighted by Gasteiger charge is 2.33. The SMILES string of the molecule is COc1cccc(OCC(=O)NC2(CN)CCCC2)c1. The van der Waals surface area contributed by atoms with Crippen LogP contribution in [0.4, 0.5) is 0 Å². The second-order valence-corrected chi connectivity index (χ2v) is 5.21. The maximum Gasteiger partial charge on any atom is 0.258 e. The van der Waals surface area contributed by atoms with Gasteiger partial charge in [0.2, 0.25) is 0 Å². The Labute approximate surface area is 119 Å². The minimum atomic E-state index is -0.227.